The third kappa shape index (κ3) is 6.18. The highest BCUT2D eigenvalue weighted by atomic mass is 35.5. The number of nitrogens with one attached hydrogen (secondary N) is 4. The second-order valence-corrected chi connectivity index (χ2v) is 12.0. The van der Waals surface area contributed by atoms with Crippen LogP contribution in [0.4, 0.5) is 0 Å². The first-order chi connectivity index (χ1) is 19.2. The molecule has 2 aromatic carbocycles. The molecule has 1 aliphatic rings. The van der Waals surface area contributed by atoms with Gasteiger partial charge in [0.1, 0.15) is 11.7 Å². The molecule has 5 rings (SSSR count). The SMILES string of the molecule is CC(C)C[C@H](NC(=O)c1cc2cc(Cl)ccc2[nH]1)C(=O)N[C@@H](C[C@@H]1CCNC1=O)C(=O)c1nc2ccccc2s1. The van der Waals surface area contributed by atoms with Crippen LogP contribution in [0.5, 0.6) is 0 Å². The van der Waals surface area contributed by atoms with Crippen molar-refractivity contribution in [3.05, 3.63) is 64.3 Å². The summed E-state index contributed by atoms with van der Waals surface area (Å²) < 4.78 is 0.860. The zero-order valence-corrected chi connectivity index (χ0v) is 23.7. The maximum Gasteiger partial charge on any atom is 0.268 e. The number of rotatable bonds is 10. The lowest BCUT2D eigenvalue weighted by molar-refractivity contribution is -0.125. The number of carbonyl (C=O) groups excluding carboxylic acids is 4. The highest BCUT2D eigenvalue weighted by Gasteiger charge is 2.35. The molecule has 1 saturated heterocycles. The Morgan fingerprint density at radius 2 is 1.90 bits per heavy atom. The molecule has 0 radical (unpaired) electrons. The van der Waals surface area contributed by atoms with Gasteiger partial charge in [0.25, 0.3) is 5.91 Å². The van der Waals surface area contributed by atoms with Gasteiger partial charge in [0.15, 0.2) is 5.01 Å². The van der Waals surface area contributed by atoms with Crippen LogP contribution in [0.2, 0.25) is 5.02 Å². The van der Waals surface area contributed by atoms with E-state index in [0.717, 1.165) is 15.6 Å². The number of halogens is 1. The summed E-state index contributed by atoms with van der Waals surface area (Å²) in [5.41, 5.74) is 1.74. The normalized spacial score (nSPS) is 16.7. The van der Waals surface area contributed by atoms with Crippen LogP contribution in [0.3, 0.4) is 0 Å². The fraction of sp³-hybridized carbons (Fsp3) is 0.345. The van der Waals surface area contributed by atoms with E-state index in [2.05, 4.69) is 25.9 Å². The van der Waals surface area contributed by atoms with E-state index in [1.165, 1.54) is 11.3 Å². The molecule has 208 valence electrons. The van der Waals surface area contributed by atoms with Crippen molar-refractivity contribution < 1.29 is 19.2 Å². The summed E-state index contributed by atoms with van der Waals surface area (Å²) >= 11 is 7.33. The Morgan fingerprint density at radius 1 is 1.10 bits per heavy atom. The van der Waals surface area contributed by atoms with Crippen molar-refractivity contribution in [3.63, 3.8) is 0 Å². The Hall–Kier alpha value is -3.76. The Bertz CT molecular complexity index is 1560. The molecule has 9 nitrogen and oxygen atoms in total. The van der Waals surface area contributed by atoms with Crippen LogP contribution >= 0.6 is 22.9 Å². The Balaban J connectivity index is 1.37. The molecule has 4 N–H and O–H groups in total. The standard InChI is InChI=1S/C29H30ClN5O4S/c1-15(2)11-22(34-28(39)23-14-17-12-18(30)7-8-19(17)32-23)27(38)33-21(13-16-9-10-31-26(16)37)25(36)29-35-20-5-3-4-6-24(20)40-29/h3-8,12,14-16,21-22,32H,9-11,13H2,1-2H3,(H,31,37)(H,33,38)(H,34,39)/t16-,21-,22-/m0/s1. The van der Waals surface area contributed by atoms with Crippen molar-refractivity contribution in [2.24, 2.45) is 11.8 Å². The number of Topliss-reactive ketones (excluding diaryl/α,β-unsaturated/α-hetero) is 1. The van der Waals surface area contributed by atoms with E-state index in [1.807, 2.05) is 38.1 Å². The molecule has 0 bridgehead atoms. The van der Waals surface area contributed by atoms with Crippen LogP contribution in [0, 0.1) is 11.8 Å². The summed E-state index contributed by atoms with van der Waals surface area (Å²) in [4.78, 5) is 60.3. The number of H-pyrrole nitrogens is 1. The smallest absolute Gasteiger partial charge is 0.268 e. The molecule has 0 spiro atoms. The van der Waals surface area contributed by atoms with E-state index in [0.29, 0.717) is 35.6 Å². The molecule has 3 amide bonds. The molecule has 1 fully saturated rings. The number of amides is 3. The number of aromatic amines is 1. The summed E-state index contributed by atoms with van der Waals surface area (Å²) in [5.74, 6) is -1.74. The van der Waals surface area contributed by atoms with Crippen molar-refractivity contribution in [1.29, 1.82) is 0 Å². The van der Waals surface area contributed by atoms with Crippen LogP contribution in [0.15, 0.2) is 48.5 Å². The number of benzene rings is 2. The van der Waals surface area contributed by atoms with E-state index in [4.69, 9.17) is 11.6 Å². The van der Waals surface area contributed by atoms with Gasteiger partial charge in [-0.3, -0.25) is 19.2 Å². The summed E-state index contributed by atoms with van der Waals surface area (Å²) in [6.45, 7) is 4.43. The van der Waals surface area contributed by atoms with Gasteiger partial charge in [-0.1, -0.05) is 37.6 Å². The molecule has 0 saturated carbocycles. The number of carbonyl (C=O) groups is 4. The number of fused-ring (bicyclic) bond motifs is 2. The Kier molecular flexibility index (Phi) is 8.18. The maximum atomic E-state index is 13.7. The van der Waals surface area contributed by atoms with E-state index < -0.39 is 29.8 Å². The highest BCUT2D eigenvalue weighted by Crippen LogP contribution is 2.25. The molecule has 4 aromatic rings. The number of hydrogen-bond donors (Lipinski definition) is 4. The highest BCUT2D eigenvalue weighted by molar-refractivity contribution is 7.20. The maximum absolute atomic E-state index is 13.7. The van der Waals surface area contributed by atoms with Crippen LogP contribution in [0.25, 0.3) is 21.1 Å². The number of thiazole rings is 1. The van der Waals surface area contributed by atoms with Gasteiger partial charge in [0.2, 0.25) is 17.6 Å². The van der Waals surface area contributed by atoms with Crippen molar-refractivity contribution in [2.75, 3.05) is 6.54 Å². The molecule has 11 heteroatoms. The number of ketones is 1. The summed E-state index contributed by atoms with van der Waals surface area (Å²) in [7, 11) is 0. The average molecular weight is 580 g/mol. The lowest BCUT2D eigenvalue weighted by Crippen LogP contribution is -2.52. The van der Waals surface area contributed by atoms with Crippen molar-refractivity contribution in [1.82, 2.24) is 25.9 Å². The van der Waals surface area contributed by atoms with Crippen LogP contribution in [-0.4, -0.2) is 52.1 Å². The Morgan fingerprint density at radius 3 is 2.62 bits per heavy atom. The molecular weight excluding hydrogens is 550 g/mol. The predicted octanol–water partition coefficient (Wildman–Crippen LogP) is 4.47. The first-order valence-corrected chi connectivity index (χ1v) is 14.4. The van der Waals surface area contributed by atoms with Crippen LogP contribution < -0.4 is 16.0 Å². The largest absolute Gasteiger partial charge is 0.356 e. The zero-order valence-electron chi connectivity index (χ0n) is 22.1. The quantitative estimate of drug-likeness (QED) is 0.206. The topological polar surface area (TPSA) is 133 Å². The van der Waals surface area contributed by atoms with Crippen LogP contribution in [0.1, 0.15) is 53.4 Å². The fourth-order valence-electron chi connectivity index (χ4n) is 4.95. The molecular formula is C29H30ClN5O4S. The molecule has 0 aliphatic carbocycles. The Labute approximate surface area is 240 Å². The summed E-state index contributed by atoms with van der Waals surface area (Å²) in [6.07, 6.45) is 1.09. The van der Waals surface area contributed by atoms with E-state index in [1.54, 1.807) is 24.3 Å². The van der Waals surface area contributed by atoms with Gasteiger partial charge in [-0.2, -0.15) is 0 Å². The third-order valence-electron chi connectivity index (χ3n) is 6.98. The van der Waals surface area contributed by atoms with E-state index in [9.17, 15) is 19.2 Å². The van der Waals surface area contributed by atoms with E-state index in [-0.39, 0.29) is 29.0 Å². The van der Waals surface area contributed by atoms with Gasteiger partial charge in [-0.25, -0.2) is 4.98 Å². The number of para-hydroxylation sites is 1. The monoisotopic (exact) mass is 579 g/mol. The van der Waals surface area contributed by atoms with Crippen LogP contribution in [-0.2, 0) is 9.59 Å². The van der Waals surface area contributed by atoms with Gasteiger partial charge < -0.3 is 20.9 Å². The second-order valence-electron chi connectivity index (χ2n) is 10.5. The average Bonchev–Trinajstić information content (AvgIpc) is 3.65. The third-order valence-corrected chi connectivity index (χ3v) is 8.26. The van der Waals surface area contributed by atoms with Gasteiger partial charge in [-0.05, 0) is 61.6 Å². The molecule has 0 unspecified atom stereocenters. The minimum Gasteiger partial charge on any atom is -0.356 e. The molecule has 2 aromatic heterocycles. The van der Waals surface area contributed by atoms with Crippen molar-refractivity contribution in [2.45, 2.75) is 45.2 Å². The van der Waals surface area contributed by atoms with Crippen molar-refractivity contribution >= 4 is 67.6 Å². The number of hydrogen-bond acceptors (Lipinski definition) is 6. The minimum atomic E-state index is -0.969. The first-order valence-electron chi connectivity index (χ1n) is 13.2. The van der Waals surface area contributed by atoms with Gasteiger partial charge in [0, 0.05) is 28.4 Å². The molecule has 1 aliphatic heterocycles. The van der Waals surface area contributed by atoms with Gasteiger partial charge in [0.05, 0.1) is 16.3 Å². The van der Waals surface area contributed by atoms with Gasteiger partial charge in [-0.15, -0.1) is 11.3 Å². The lowest BCUT2D eigenvalue weighted by atomic mass is 9.95. The first kappa shape index (κ1) is 27.8. The molecule has 40 heavy (non-hydrogen) atoms. The molecule has 3 heterocycles. The summed E-state index contributed by atoms with van der Waals surface area (Å²) in [5, 5.41) is 10.1. The predicted molar refractivity (Wildman–Crippen MR) is 156 cm³/mol. The van der Waals surface area contributed by atoms with Gasteiger partial charge >= 0.3 is 0 Å². The van der Waals surface area contributed by atoms with E-state index >= 15 is 0 Å². The fourth-order valence-corrected chi connectivity index (χ4v) is 6.09. The minimum absolute atomic E-state index is 0.0802. The van der Waals surface area contributed by atoms with Crippen molar-refractivity contribution in [3.8, 4) is 0 Å². The number of aromatic nitrogens is 2. The lowest BCUT2D eigenvalue weighted by Gasteiger charge is -2.24. The zero-order chi connectivity index (χ0) is 28.4. The number of nitrogens with zero attached hydrogens (tertiary/aromatic N) is 1. The molecule has 3 atom stereocenters. The second kappa shape index (κ2) is 11.8. The summed E-state index contributed by atoms with van der Waals surface area (Å²) in [6, 6.07) is 12.5.